The summed E-state index contributed by atoms with van der Waals surface area (Å²) in [5, 5.41) is 9.38. The molecular weight excluding hydrogens is 292 g/mol. The summed E-state index contributed by atoms with van der Waals surface area (Å²) in [4.78, 5) is 23.3. The number of hydrogen-bond donors (Lipinski definition) is 1. The molecule has 1 N–H and O–H groups in total. The predicted octanol–water partition coefficient (Wildman–Crippen LogP) is 4.81. The Kier molecular flexibility index (Phi) is 8.07. The zero-order valence-corrected chi connectivity index (χ0v) is 15.3. The van der Waals surface area contributed by atoms with Crippen LogP contribution in [0.3, 0.4) is 0 Å². The summed E-state index contributed by atoms with van der Waals surface area (Å²) < 4.78 is 5.25. The van der Waals surface area contributed by atoms with Crippen LogP contribution < -0.4 is 0 Å². The highest BCUT2D eigenvalue weighted by Crippen LogP contribution is 2.30. The molecule has 0 aliphatic heterocycles. The lowest BCUT2D eigenvalue weighted by Crippen LogP contribution is -2.28. The second-order valence-electron chi connectivity index (χ2n) is 8.25. The third-order valence-corrected chi connectivity index (χ3v) is 4.66. The van der Waals surface area contributed by atoms with Gasteiger partial charge in [-0.1, -0.05) is 51.9 Å². The van der Waals surface area contributed by atoms with Crippen LogP contribution in [0.2, 0.25) is 0 Å². The molecule has 4 heteroatoms. The van der Waals surface area contributed by atoms with Crippen LogP contribution in [0, 0.1) is 17.8 Å². The molecule has 0 aromatic rings. The Balaban J connectivity index is 2.38. The lowest BCUT2D eigenvalue weighted by atomic mass is 9.82. The number of hydrogen-bond acceptors (Lipinski definition) is 3. The fourth-order valence-corrected chi connectivity index (χ4v) is 3.46. The van der Waals surface area contributed by atoms with E-state index in [2.05, 4.69) is 6.92 Å². The first kappa shape index (κ1) is 20.0. The van der Waals surface area contributed by atoms with Crippen molar-refractivity contribution in [2.75, 3.05) is 0 Å². The Hall–Kier alpha value is -1.06. The highest BCUT2D eigenvalue weighted by molar-refractivity contribution is 5.78. The summed E-state index contributed by atoms with van der Waals surface area (Å²) in [6, 6.07) is 0. The van der Waals surface area contributed by atoms with E-state index in [1.54, 1.807) is 20.8 Å². The fraction of sp³-hybridized carbons (Fsp3) is 0.895. The van der Waals surface area contributed by atoms with Gasteiger partial charge in [0.2, 0.25) is 0 Å². The van der Waals surface area contributed by atoms with Crippen molar-refractivity contribution in [1.29, 1.82) is 0 Å². The summed E-state index contributed by atoms with van der Waals surface area (Å²) in [6.45, 7) is 7.50. The molecule has 23 heavy (non-hydrogen) atoms. The molecule has 1 rings (SSSR count). The third-order valence-electron chi connectivity index (χ3n) is 4.66. The monoisotopic (exact) mass is 326 g/mol. The average molecular weight is 326 g/mol. The summed E-state index contributed by atoms with van der Waals surface area (Å²) in [5.74, 6) is -0.781. The van der Waals surface area contributed by atoms with Crippen LogP contribution in [0.5, 0.6) is 0 Å². The Morgan fingerprint density at radius 1 is 1.17 bits per heavy atom. The van der Waals surface area contributed by atoms with Crippen molar-refractivity contribution >= 4 is 11.9 Å². The zero-order chi connectivity index (χ0) is 17.5. The van der Waals surface area contributed by atoms with E-state index in [9.17, 15) is 14.7 Å². The summed E-state index contributed by atoms with van der Waals surface area (Å²) in [6.07, 6.45) is 9.48. The van der Waals surface area contributed by atoms with Gasteiger partial charge in [0.15, 0.2) is 0 Å². The minimum absolute atomic E-state index is 0.0274. The van der Waals surface area contributed by atoms with Gasteiger partial charge in [-0.2, -0.15) is 0 Å². The molecule has 1 aliphatic rings. The van der Waals surface area contributed by atoms with Crippen LogP contribution in [0.4, 0.5) is 0 Å². The number of carboxylic acids is 1. The molecule has 4 nitrogen and oxygen atoms in total. The molecule has 0 aromatic heterocycles. The molecule has 134 valence electrons. The van der Waals surface area contributed by atoms with Crippen LogP contribution in [0.25, 0.3) is 0 Å². The third kappa shape index (κ3) is 8.97. The van der Waals surface area contributed by atoms with Gasteiger partial charge in [0.1, 0.15) is 5.60 Å². The van der Waals surface area contributed by atoms with Gasteiger partial charge in [-0.25, -0.2) is 0 Å². The maximum atomic E-state index is 11.9. The van der Waals surface area contributed by atoms with Gasteiger partial charge in [0.25, 0.3) is 0 Å². The molecular formula is C19H34O4. The van der Waals surface area contributed by atoms with Gasteiger partial charge < -0.3 is 9.84 Å². The summed E-state index contributed by atoms with van der Waals surface area (Å²) >= 11 is 0. The Morgan fingerprint density at radius 3 is 2.30 bits per heavy atom. The topological polar surface area (TPSA) is 63.6 Å². The van der Waals surface area contributed by atoms with Crippen LogP contribution in [-0.4, -0.2) is 22.6 Å². The van der Waals surface area contributed by atoms with E-state index in [-0.39, 0.29) is 6.42 Å². The average Bonchev–Trinajstić information content (AvgIpc) is 2.43. The largest absolute Gasteiger partial charge is 0.481 e. The Labute approximate surface area is 141 Å². The highest BCUT2D eigenvalue weighted by atomic mass is 16.6. The van der Waals surface area contributed by atoms with Crippen molar-refractivity contribution in [2.45, 2.75) is 91.1 Å². The maximum absolute atomic E-state index is 11.9. The number of esters is 1. The van der Waals surface area contributed by atoms with Gasteiger partial charge >= 0.3 is 11.9 Å². The molecule has 0 bridgehead atoms. The lowest BCUT2D eigenvalue weighted by Gasteiger charge is -2.24. The number of ether oxygens (including phenoxy) is 1. The minimum atomic E-state index is -0.889. The lowest BCUT2D eigenvalue weighted by molar-refractivity contribution is -0.160. The predicted molar refractivity (Wildman–Crippen MR) is 91.2 cm³/mol. The standard InChI is InChI=1S/C19H34O4/c1-14(10-11-15-8-6-5-7-9-15)12-16(18(21)22)13-17(20)23-19(2,3)4/h14-16H,5-13H2,1-4H3,(H,21,22). The molecule has 2 unspecified atom stereocenters. The smallest absolute Gasteiger partial charge is 0.307 e. The Morgan fingerprint density at radius 2 is 1.78 bits per heavy atom. The van der Waals surface area contributed by atoms with E-state index in [4.69, 9.17) is 4.74 Å². The maximum Gasteiger partial charge on any atom is 0.307 e. The minimum Gasteiger partial charge on any atom is -0.481 e. The molecule has 0 heterocycles. The summed E-state index contributed by atoms with van der Waals surface area (Å²) in [5.41, 5.74) is -0.563. The van der Waals surface area contributed by atoms with E-state index in [0.717, 1.165) is 12.3 Å². The first-order valence-corrected chi connectivity index (χ1v) is 9.12. The zero-order valence-electron chi connectivity index (χ0n) is 15.3. The van der Waals surface area contributed by atoms with E-state index >= 15 is 0 Å². The molecule has 0 radical (unpaired) electrons. The molecule has 2 atom stereocenters. The van der Waals surface area contributed by atoms with Crippen LogP contribution in [0.15, 0.2) is 0 Å². The van der Waals surface area contributed by atoms with Crippen molar-refractivity contribution in [2.24, 2.45) is 17.8 Å². The van der Waals surface area contributed by atoms with E-state index < -0.39 is 23.5 Å². The first-order valence-electron chi connectivity index (χ1n) is 9.12. The van der Waals surface area contributed by atoms with Crippen molar-refractivity contribution in [1.82, 2.24) is 0 Å². The van der Waals surface area contributed by atoms with Crippen molar-refractivity contribution in [3.05, 3.63) is 0 Å². The first-order chi connectivity index (χ1) is 10.7. The number of carboxylic acid groups (broad SMARTS) is 1. The second kappa shape index (κ2) is 9.29. The highest BCUT2D eigenvalue weighted by Gasteiger charge is 2.27. The second-order valence-corrected chi connectivity index (χ2v) is 8.25. The van der Waals surface area contributed by atoms with Gasteiger partial charge in [-0.15, -0.1) is 0 Å². The SMILES string of the molecule is CC(CCC1CCCCC1)CC(CC(=O)OC(C)(C)C)C(=O)O. The summed E-state index contributed by atoms with van der Waals surface area (Å²) in [7, 11) is 0. The number of aliphatic carboxylic acids is 1. The molecule has 0 amide bonds. The van der Waals surface area contributed by atoms with Crippen molar-refractivity contribution in [3.63, 3.8) is 0 Å². The van der Waals surface area contributed by atoms with Gasteiger partial charge in [-0.05, 0) is 39.0 Å². The van der Waals surface area contributed by atoms with Gasteiger partial charge in [0.05, 0.1) is 12.3 Å². The molecule has 1 fully saturated rings. The fourth-order valence-electron chi connectivity index (χ4n) is 3.46. The van der Waals surface area contributed by atoms with Crippen LogP contribution in [0.1, 0.15) is 85.5 Å². The van der Waals surface area contributed by atoms with Crippen LogP contribution >= 0.6 is 0 Å². The quantitative estimate of drug-likeness (QED) is 0.650. The number of carbonyl (C=O) groups excluding carboxylic acids is 1. The molecule has 0 aromatic carbocycles. The van der Waals surface area contributed by atoms with E-state index in [0.29, 0.717) is 12.3 Å². The molecule has 1 aliphatic carbocycles. The van der Waals surface area contributed by atoms with Crippen LogP contribution in [-0.2, 0) is 14.3 Å². The van der Waals surface area contributed by atoms with Crippen molar-refractivity contribution < 1.29 is 19.4 Å². The van der Waals surface area contributed by atoms with Gasteiger partial charge in [-0.3, -0.25) is 9.59 Å². The Bertz CT molecular complexity index is 377. The van der Waals surface area contributed by atoms with E-state index in [1.807, 2.05) is 0 Å². The normalized spacial score (nSPS) is 19.1. The van der Waals surface area contributed by atoms with Crippen molar-refractivity contribution in [3.8, 4) is 0 Å². The number of carbonyl (C=O) groups is 2. The molecule has 0 saturated heterocycles. The van der Waals surface area contributed by atoms with Gasteiger partial charge in [0, 0.05) is 0 Å². The van der Waals surface area contributed by atoms with E-state index in [1.165, 1.54) is 38.5 Å². The molecule has 0 spiro atoms. The number of rotatable bonds is 8. The molecule has 1 saturated carbocycles.